The second-order valence-electron chi connectivity index (χ2n) is 4.19. The average molecular weight is 353 g/mol. The SMILES string of the molecule is O=C(Nc1cccc(Cl)c1)C1C=C(Cl)C=C(Cl)C1(O)Cl. The number of anilines is 1. The van der Waals surface area contributed by atoms with Crippen molar-refractivity contribution in [2.45, 2.75) is 5.06 Å². The summed E-state index contributed by atoms with van der Waals surface area (Å²) in [7, 11) is 0. The molecule has 1 aliphatic rings. The summed E-state index contributed by atoms with van der Waals surface area (Å²) in [5.41, 5.74) is 0.477. The van der Waals surface area contributed by atoms with Gasteiger partial charge in [0.05, 0.1) is 5.03 Å². The number of nitrogens with one attached hydrogen (secondary N) is 1. The first-order chi connectivity index (χ1) is 9.30. The van der Waals surface area contributed by atoms with Crippen molar-refractivity contribution in [3.05, 3.63) is 51.5 Å². The van der Waals surface area contributed by atoms with Crippen LogP contribution in [0.4, 0.5) is 5.69 Å². The Morgan fingerprint density at radius 1 is 1.30 bits per heavy atom. The zero-order chi connectivity index (χ0) is 14.9. The van der Waals surface area contributed by atoms with Gasteiger partial charge in [0.1, 0.15) is 5.92 Å². The second kappa shape index (κ2) is 5.96. The van der Waals surface area contributed by atoms with Crippen molar-refractivity contribution in [2.75, 3.05) is 5.32 Å². The molecule has 0 fully saturated rings. The summed E-state index contributed by atoms with van der Waals surface area (Å²) in [4.78, 5) is 12.2. The number of allylic oxidation sites excluding steroid dienone is 2. The van der Waals surface area contributed by atoms with Crippen molar-refractivity contribution in [2.24, 2.45) is 5.92 Å². The van der Waals surface area contributed by atoms with E-state index < -0.39 is 16.9 Å². The molecule has 0 saturated carbocycles. The Morgan fingerprint density at radius 3 is 2.65 bits per heavy atom. The number of alkyl halides is 1. The molecule has 2 N–H and O–H groups in total. The molecular weight excluding hydrogens is 344 g/mol. The molecule has 2 atom stereocenters. The molecule has 0 aliphatic heterocycles. The third-order valence-electron chi connectivity index (χ3n) is 2.71. The van der Waals surface area contributed by atoms with Crippen molar-refractivity contribution >= 4 is 58.0 Å². The molecule has 1 aliphatic carbocycles. The number of aliphatic hydroxyl groups is 1. The van der Waals surface area contributed by atoms with E-state index in [1.54, 1.807) is 24.3 Å². The van der Waals surface area contributed by atoms with E-state index in [0.29, 0.717) is 10.7 Å². The Hall–Kier alpha value is -0.710. The minimum Gasteiger partial charge on any atom is -0.369 e. The Balaban J connectivity index is 2.23. The van der Waals surface area contributed by atoms with E-state index in [1.165, 1.54) is 12.2 Å². The van der Waals surface area contributed by atoms with Crippen molar-refractivity contribution < 1.29 is 9.90 Å². The molecule has 0 radical (unpaired) electrons. The van der Waals surface area contributed by atoms with Gasteiger partial charge in [0.2, 0.25) is 5.91 Å². The zero-order valence-electron chi connectivity index (χ0n) is 9.91. The molecule has 0 aromatic heterocycles. The van der Waals surface area contributed by atoms with Crippen LogP contribution in [-0.4, -0.2) is 16.1 Å². The molecular formula is C13H9Cl4NO2. The van der Waals surface area contributed by atoms with Gasteiger partial charge >= 0.3 is 0 Å². The predicted molar refractivity (Wildman–Crippen MR) is 82.2 cm³/mol. The van der Waals surface area contributed by atoms with Crippen LogP contribution in [0.25, 0.3) is 0 Å². The van der Waals surface area contributed by atoms with E-state index in [9.17, 15) is 9.90 Å². The molecule has 0 bridgehead atoms. The van der Waals surface area contributed by atoms with Crippen LogP contribution >= 0.6 is 46.4 Å². The zero-order valence-corrected chi connectivity index (χ0v) is 12.9. The van der Waals surface area contributed by atoms with E-state index in [0.717, 1.165) is 0 Å². The van der Waals surface area contributed by atoms with Crippen LogP contribution < -0.4 is 5.32 Å². The van der Waals surface area contributed by atoms with Gasteiger partial charge in [-0.2, -0.15) is 0 Å². The summed E-state index contributed by atoms with van der Waals surface area (Å²) in [5, 5.41) is 11.3. The average Bonchev–Trinajstić information content (AvgIpc) is 2.34. The van der Waals surface area contributed by atoms with E-state index in [2.05, 4.69) is 5.32 Å². The van der Waals surface area contributed by atoms with Crippen LogP contribution in [0.3, 0.4) is 0 Å². The summed E-state index contributed by atoms with van der Waals surface area (Å²) in [6, 6.07) is 6.58. The van der Waals surface area contributed by atoms with Crippen LogP contribution in [0, 0.1) is 5.92 Å². The van der Waals surface area contributed by atoms with E-state index in [4.69, 9.17) is 46.4 Å². The fraction of sp³-hybridized carbons (Fsp3) is 0.154. The molecule has 106 valence electrons. The van der Waals surface area contributed by atoms with E-state index in [-0.39, 0.29) is 10.1 Å². The normalized spacial score (nSPS) is 25.8. The minimum absolute atomic E-state index is 0.113. The molecule has 1 aromatic carbocycles. The molecule has 2 rings (SSSR count). The van der Waals surface area contributed by atoms with Crippen LogP contribution in [0.15, 0.2) is 46.5 Å². The monoisotopic (exact) mass is 351 g/mol. The molecule has 0 heterocycles. The highest BCUT2D eigenvalue weighted by molar-refractivity contribution is 6.42. The second-order valence-corrected chi connectivity index (χ2v) is 6.05. The summed E-state index contributed by atoms with van der Waals surface area (Å²) in [6.45, 7) is 0. The van der Waals surface area contributed by atoms with Gasteiger partial charge in [0.15, 0.2) is 5.06 Å². The van der Waals surface area contributed by atoms with Crippen LogP contribution in [-0.2, 0) is 4.79 Å². The first-order valence-corrected chi connectivity index (χ1v) is 7.04. The lowest BCUT2D eigenvalue weighted by molar-refractivity contribution is -0.121. The molecule has 7 heteroatoms. The van der Waals surface area contributed by atoms with Gasteiger partial charge in [-0.05, 0) is 30.4 Å². The molecule has 2 unspecified atom stereocenters. The third kappa shape index (κ3) is 3.30. The molecule has 0 saturated heterocycles. The number of carbonyl (C=O) groups excluding carboxylic acids is 1. The fourth-order valence-electron chi connectivity index (χ4n) is 1.72. The highest BCUT2D eigenvalue weighted by Gasteiger charge is 2.43. The maximum absolute atomic E-state index is 12.2. The highest BCUT2D eigenvalue weighted by atomic mass is 35.5. The summed E-state index contributed by atoms with van der Waals surface area (Å²) in [6.07, 6.45) is 2.62. The van der Waals surface area contributed by atoms with Crippen molar-refractivity contribution in [1.29, 1.82) is 0 Å². The Labute approximate surface area is 135 Å². The number of rotatable bonds is 2. The Morgan fingerprint density at radius 2 is 2.00 bits per heavy atom. The van der Waals surface area contributed by atoms with Crippen molar-refractivity contribution in [1.82, 2.24) is 0 Å². The molecule has 3 nitrogen and oxygen atoms in total. The lowest BCUT2D eigenvalue weighted by Gasteiger charge is -2.30. The van der Waals surface area contributed by atoms with Gasteiger partial charge in [-0.25, -0.2) is 0 Å². The van der Waals surface area contributed by atoms with Crippen LogP contribution in [0.2, 0.25) is 5.02 Å². The summed E-state index contributed by atoms with van der Waals surface area (Å²) >= 11 is 23.4. The van der Waals surface area contributed by atoms with Gasteiger partial charge in [0, 0.05) is 15.7 Å². The standard InChI is InChI=1S/C13H9Cl4NO2/c14-7-2-1-3-9(4-7)18-12(19)10-5-8(15)6-11(16)13(10,17)20/h1-6,10,20H,(H,18,19). The summed E-state index contributed by atoms with van der Waals surface area (Å²) < 4.78 is 0. The Kier molecular flexibility index (Phi) is 4.67. The van der Waals surface area contributed by atoms with Gasteiger partial charge < -0.3 is 10.4 Å². The maximum atomic E-state index is 12.2. The number of hydrogen-bond donors (Lipinski definition) is 2. The topological polar surface area (TPSA) is 49.3 Å². The highest BCUT2D eigenvalue weighted by Crippen LogP contribution is 2.40. The van der Waals surface area contributed by atoms with Gasteiger partial charge in [-0.15, -0.1) is 0 Å². The Bertz CT molecular complexity index is 610. The largest absolute Gasteiger partial charge is 0.369 e. The lowest BCUT2D eigenvalue weighted by atomic mass is 9.95. The first kappa shape index (κ1) is 15.7. The number of carbonyl (C=O) groups is 1. The number of halogens is 4. The van der Waals surface area contributed by atoms with Crippen molar-refractivity contribution in [3.8, 4) is 0 Å². The predicted octanol–water partition coefficient (Wildman–Crippen LogP) is 4.08. The number of benzene rings is 1. The van der Waals surface area contributed by atoms with Gasteiger partial charge in [-0.1, -0.05) is 52.5 Å². The lowest BCUT2D eigenvalue weighted by Crippen LogP contribution is -2.41. The van der Waals surface area contributed by atoms with Crippen molar-refractivity contribution in [3.63, 3.8) is 0 Å². The van der Waals surface area contributed by atoms with Gasteiger partial charge in [0.25, 0.3) is 0 Å². The molecule has 20 heavy (non-hydrogen) atoms. The fourth-order valence-corrected chi connectivity index (χ4v) is 2.66. The van der Waals surface area contributed by atoms with Crippen LogP contribution in [0.5, 0.6) is 0 Å². The summed E-state index contributed by atoms with van der Waals surface area (Å²) in [5.74, 6) is -1.66. The van der Waals surface area contributed by atoms with Crippen LogP contribution in [0.1, 0.15) is 0 Å². The number of hydrogen-bond acceptors (Lipinski definition) is 2. The first-order valence-electron chi connectivity index (χ1n) is 5.53. The third-order valence-corrected chi connectivity index (χ3v) is 4.12. The van der Waals surface area contributed by atoms with E-state index >= 15 is 0 Å². The quantitative estimate of drug-likeness (QED) is 0.788. The smallest absolute Gasteiger partial charge is 0.236 e. The minimum atomic E-state index is -2.03. The number of amides is 1. The molecule has 1 aromatic rings. The molecule has 0 spiro atoms. The molecule has 1 amide bonds. The van der Waals surface area contributed by atoms with Gasteiger partial charge in [-0.3, -0.25) is 4.79 Å². The van der Waals surface area contributed by atoms with E-state index in [1.807, 2.05) is 0 Å². The maximum Gasteiger partial charge on any atom is 0.236 e.